The third-order valence-electron chi connectivity index (χ3n) is 5.61. The van der Waals surface area contributed by atoms with Gasteiger partial charge in [0, 0.05) is 44.9 Å². The van der Waals surface area contributed by atoms with Gasteiger partial charge in [-0.2, -0.15) is 0 Å². The molecule has 3 atom stereocenters. The number of amides is 1. The van der Waals surface area contributed by atoms with E-state index in [-0.39, 0.29) is 24.2 Å². The molecule has 2 saturated heterocycles. The lowest BCUT2D eigenvalue weighted by molar-refractivity contribution is -0.0817. The first-order valence-electron chi connectivity index (χ1n) is 10.7. The van der Waals surface area contributed by atoms with Crippen LogP contribution in [0.2, 0.25) is 0 Å². The minimum atomic E-state index is -0.0295. The molecular formula is C22H34N4O3. The van der Waals surface area contributed by atoms with Crippen LogP contribution in [0.1, 0.15) is 49.0 Å². The van der Waals surface area contributed by atoms with Gasteiger partial charge in [0.25, 0.3) is 5.91 Å². The monoisotopic (exact) mass is 402 g/mol. The van der Waals surface area contributed by atoms with Crippen LogP contribution in [0.5, 0.6) is 0 Å². The van der Waals surface area contributed by atoms with Crippen LogP contribution >= 0.6 is 0 Å². The highest BCUT2D eigenvalue weighted by molar-refractivity contribution is 5.94. The van der Waals surface area contributed by atoms with E-state index in [0.29, 0.717) is 18.7 Å². The summed E-state index contributed by atoms with van der Waals surface area (Å²) >= 11 is 0. The quantitative estimate of drug-likeness (QED) is 0.563. The van der Waals surface area contributed by atoms with Gasteiger partial charge in [-0.25, -0.2) is 0 Å². The number of guanidine groups is 1. The summed E-state index contributed by atoms with van der Waals surface area (Å²) in [5, 5.41) is 6.45. The molecule has 2 aliphatic rings. The molecule has 7 heteroatoms. The Morgan fingerprint density at radius 3 is 2.86 bits per heavy atom. The molecule has 1 aromatic rings. The molecule has 2 heterocycles. The van der Waals surface area contributed by atoms with Crippen LogP contribution in [-0.4, -0.2) is 68.4 Å². The maximum atomic E-state index is 12.4. The summed E-state index contributed by atoms with van der Waals surface area (Å²) in [6.07, 6.45) is 3.37. The topological polar surface area (TPSA) is 75.2 Å². The van der Waals surface area contributed by atoms with Gasteiger partial charge in [0.15, 0.2) is 5.96 Å². The first-order valence-corrected chi connectivity index (χ1v) is 10.7. The van der Waals surface area contributed by atoms with Crippen LogP contribution in [0.15, 0.2) is 29.3 Å². The Bertz CT molecular complexity index is 703. The normalized spacial score (nSPS) is 23.7. The SMILES string of the molecule is CCC(C)NC(=O)c1cccc(CNC(=NC)N2CCOC(C3CCCO3)C2)c1. The van der Waals surface area contributed by atoms with E-state index in [1.165, 1.54) is 0 Å². The summed E-state index contributed by atoms with van der Waals surface area (Å²) in [5.41, 5.74) is 1.73. The fourth-order valence-corrected chi connectivity index (χ4v) is 3.73. The third kappa shape index (κ3) is 5.93. The number of ether oxygens (including phenoxy) is 2. The minimum Gasteiger partial charge on any atom is -0.375 e. The van der Waals surface area contributed by atoms with Crippen molar-refractivity contribution in [2.45, 2.75) is 57.9 Å². The molecule has 2 aliphatic heterocycles. The van der Waals surface area contributed by atoms with Gasteiger partial charge in [-0.05, 0) is 43.9 Å². The molecule has 7 nitrogen and oxygen atoms in total. The maximum Gasteiger partial charge on any atom is 0.251 e. The zero-order valence-electron chi connectivity index (χ0n) is 17.8. The molecule has 0 radical (unpaired) electrons. The molecule has 0 saturated carbocycles. The number of morpholine rings is 1. The second-order valence-electron chi connectivity index (χ2n) is 7.79. The second-order valence-corrected chi connectivity index (χ2v) is 7.79. The standard InChI is InChI=1S/C22H34N4O3/c1-4-16(2)25-21(27)18-8-5-7-17(13-18)14-24-22(23-3)26-10-12-29-20(15-26)19-9-6-11-28-19/h5,7-8,13,16,19-20H,4,6,9-12,14-15H2,1-3H3,(H,23,24)(H,25,27). The van der Waals surface area contributed by atoms with E-state index in [4.69, 9.17) is 9.47 Å². The van der Waals surface area contributed by atoms with Crippen molar-refractivity contribution >= 4 is 11.9 Å². The zero-order valence-corrected chi connectivity index (χ0v) is 17.8. The van der Waals surface area contributed by atoms with Crippen LogP contribution in [-0.2, 0) is 16.0 Å². The highest BCUT2D eigenvalue weighted by Gasteiger charge is 2.32. The van der Waals surface area contributed by atoms with Gasteiger partial charge >= 0.3 is 0 Å². The fraction of sp³-hybridized carbons (Fsp3) is 0.636. The first kappa shape index (κ1) is 21.6. The molecule has 2 N–H and O–H groups in total. The van der Waals surface area contributed by atoms with Gasteiger partial charge in [-0.1, -0.05) is 19.1 Å². The Labute approximate surface area is 173 Å². The van der Waals surface area contributed by atoms with E-state index < -0.39 is 0 Å². The molecule has 29 heavy (non-hydrogen) atoms. The smallest absolute Gasteiger partial charge is 0.251 e. The minimum absolute atomic E-state index is 0.0295. The lowest BCUT2D eigenvalue weighted by Crippen LogP contribution is -2.53. The van der Waals surface area contributed by atoms with Gasteiger partial charge in [0.1, 0.15) is 6.10 Å². The number of nitrogens with zero attached hydrogens (tertiary/aromatic N) is 2. The van der Waals surface area contributed by atoms with Gasteiger partial charge < -0.3 is 25.0 Å². The zero-order chi connectivity index (χ0) is 20.6. The first-order chi connectivity index (χ1) is 14.1. The lowest BCUT2D eigenvalue weighted by atomic mass is 10.1. The summed E-state index contributed by atoms with van der Waals surface area (Å²) in [4.78, 5) is 19.1. The van der Waals surface area contributed by atoms with Crippen molar-refractivity contribution in [3.05, 3.63) is 35.4 Å². The van der Waals surface area contributed by atoms with Crippen LogP contribution in [0.25, 0.3) is 0 Å². The van der Waals surface area contributed by atoms with Crippen LogP contribution in [0.3, 0.4) is 0 Å². The molecule has 0 aliphatic carbocycles. The highest BCUT2D eigenvalue weighted by atomic mass is 16.5. The third-order valence-corrected chi connectivity index (χ3v) is 5.61. The predicted octanol–water partition coefficient (Wildman–Crippen LogP) is 2.17. The highest BCUT2D eigenvalue weighted by Crippen LogP contribution is 2.21. The number of benzene rings is 1. The van der Waals surface area contributed by atoms with Gasteiger partial charge in [-0.3, -0.25) is 9.79 Å². The molecule has 3 rings (SSSR count). The molecule has 0 aromatic heterocycles. The maximum absolute atomic E-state index is 12.4. The Morgan fingerprint density at radius 1 is 1.31 bits per heavy atom. The molecule has 1 aromatic carbocycles. The molecule has 2 fully saturated rings. The predicted molar refractivity (Wildman–Crippen MR) is 114 cm³/mol. The van der Waals surface area contributed by atoms with Crippen LogP contribution in [0, 0.1) is 0 Å². The summed E-state index contributed by atoms with van der Waals surface area (Å²) in [6, 6.07) is 7.90. The van der Waals surface area contributed by atoms with E-state index in [9.17, 15) is 4.79 Å². The number of hydrogen-bond acceptors (Lipinski definition) is 4. The van der Waals surface area contributed by atoms with Crippen molar-refractivity contribution in [1.29, 1.82) is 0 Å². The second kappa shape index (κ2) is 10.6. The average molecular weight is 403 g/mol. The van der Waals surface area contributed by atoms with Crippen LogP contribution in [0.4, 0.5) is 0 Å². The molecule has 3 unspecified atom stereocenters. The van der Waals surface area contributed by atoms with Crippen molar-refractivity contribution < 1.29 is 14.3 Å². The number of nitrogens with one attached hydrogen (secondary N) is 2. The summed E-state index contributed by atoms with van der Waals surface area (Å²) in [5.74, 6) is 0.823. The van der Waals surface area contributed by atoms with E-state index in [2.05, 4.69) is 27.4 Å². The molecule has 1 amide bonds. The molecule has 0 spiro atoms. The summed E-state index contributed by atoms with van der Waals surface area (Å²) in [7, 11) is 1.80. The van der Waals surface area contributed by atoms with Gasteiger partial charge in [0.2, 0.25) is 0 Å². The van der Waals surface area contributed by atoms with Crippen molar-refractivity contribution in [2.75, 3.05) is 33.4 Å². The number of hydrogen-bond donors (Lipinski definition) is 2. The van der Waals surface area contributed by atoms with Crippen molar-refractivity contribution in [3.8, 4) is 0 Å². The Kier molecular flexibility index (Phi) is 7.89. The largest absolute Gasteiger partial charge is 0.375 e. The van der Waals surface area contributed by atoms with Crippen molar-refractivity contribution in [2.24, 2.45) is 4.99 Å². The lowest BCUT2D eigenvalue weighted by Gasteiger charge is -2.37. The van der Waals surface area contributed by atoms with Crippen LogP contribution < -0.4 is 10.6 Å². The number of carbonyl (C=O) groups excluding carboxylic acids is 1. The number of rotatable bonds is 6. The Hall–Kier alpha value is -2.12. The Balaban J connectivity index is 1.56. The average Bonchev–Trinajstić information content (AvgIpc) is 3.29. The fourth-order valence-electron chi connectivity index (χ4n) is 3.73. The van der Waals surface area contributed by atoms with Gasteiger partial charge in [0.05, 0.1) is 12.7 Å². The molecule has 160 valence electrons. The van der Waals surface area contributed by atoms with E-state index in [0.717, 1.165) is 50.5 Å². The summed E-state index contributed by atoms with van der Waals surface area (Å²) in [6.45, 7) is 7.78. The van der Waals surface area contributed by atoms with Crippen molar-refractivity contribution in [3.63, 3.8) is 0 Å². The van der Waals surface area contributed by atoms with E-state index in [1.807, 2.05) is 31.2 Å². The Morgan fingerprint density at radius 2 is 2.14 bits per heavy atom. The van der Waals surface area contributed by atoms with Gasteiger partial charge in [-0.15, -0.1) is 0 Å². The van der Waals surface area contributed by atoms with Crippen molar-refractivity contribution in [1.82, 2.24) is 15.5 Å². The van der Waals surface area contributed by atoms with E-state index in [1.54, 1.807) is 7.05 Å². The number of aliphatic imine (C=N–C) groups is 1. The van der Waals surface area contributed by atoms with E-state index >= 15 is 0 Å². The summed E-state index contributed by atoms with van der Waals surface area (Å²) < 4.78 is 11.7. The molecular weight excluding hydrogens is 368 g/mol. The molecule has 0 bridgehead atoms. The number of carbonyl (C=O) groups is 1.